The minimum Gasteiger partial charge on any atom is -0.452 e. The van der Waals surface area contributed by atoms with Crippen LogP contribution >= 0.6 is 11.3 Å². The third-order valence-corrected chi connectivity index (χ3v) is 5.50. The van der Waals surface area contributed by atoms with Crippen LogP contribution in [-0.2, 0) is 9.53 Å². The molecule has 0 saturated carbocycles. The normalized spacial score (nSPS) is 11.5. The first-order valence-corrected chi connectivity index (χ1v) is 10.4. The summed E-state index contributed by atoms with van der Waals surface area (Å²) < 4.78 is 18.4. The number of carbonyl (C=O) groups excluding carboxylic acids is 2. The predicted octanol–water partition coefficient (Wildman–Crippen LogP) is 3.92. The van der Waals surface area contributed by atoms with Crippen molar-refractivity contribution in [1.29, 1.82) is 0 Å². The first kappa shape index (κ1) is 22.9. The fourth-order valence-corrected chi connectivity index (χ4v) is 3.83. The van der Waals surface area contributed by atoms with Crippen LogP contribution in [0.4, 0.5) is 15.8 Å². The molecule has 32 heavy (non-hydrogen) atoms. The first-order chi connectivity index (χ1) is 15.3. The van der Waals surface area contributed by atoms with Gasteiger partial charge in [0.2, 0.25) is 0 Å². The molecule has 2 aromatic carbocycles. The van der Waals surface area contributed by atoms with Crippen molar-refractivity contribution in [3.63, 3.8) is 0 Å². The summed E-state index contributed by atoms with van der Waals surface area (Å²) in [7, 11) is 3.36. The fourth-order valence-electron chi connectivity index (χ4n) is 3.03. The van der Waals surface area contributed by atoms with E-state index < -0.39 is 35.3 Å². The molecule has 1 amide bonds. The zero-order chi connectivity index (χ0) is 23.3. The second-order valence-corrected chi connectivity index (χ2v) is 7.98. The van der Waals surface area contributed by atoms with E-state index in [1.54, 1.807) is 31.1 Å². The van der Waals surface area contributed by atoms with Gasteiger partial charge in [-0.15, -0.1) is 11.3 Å². The molecule has 3 rings (SSSR count). The molecule has 10 heteroatoms. The number of hydrogen-bond donors (Lipinski definition) is 1. The van der Waals surface area contributed by atoms with Crippen LogP contribution in [0.25, 0.3) is 0 Å². The van der Waals surface area contributed by atoms with Crippen LogP contribution in [0.3, 0.4) is 0 Å². The number of nitrogens with zero attached hydrogens (tertiary/aromatic N) is 2. The smallest absolute Gasteiger partial charge is 0.341 e. The Morgan fingerprint density at radius 1 is 1.19 bits per heavy atom. The van der Waals surface area contributed by atoms with E-state index in [2.05, 4.69) is 5.32 Å². The molecule has 1 atom stereocenters. The molecule has 8 nitrogen and oxygen atoms in total. The second-order valence-electron chi connectivity index (χ2n) is 7.00. The summed E-state index contributed by atoms with van der Waals surface area (Å²) in [4.78, 5) is 38.0. The molecular formula is C22H20FN3O5S. The topological polar surface area (TPSA) is 102 Å². The van der Waals surface area contributed by atoms with Gasteiger partial charge in [0.15, 0.2) is 6.61 Å². The predicted molar refractivity (Wildman–Crippen MR) is 118 cm³/mol. The first-order valence-electron chi connectivity index (χ1n) is 9.47. The summed E-state index contributed by atoms with van der Waals surface area (Å²) in [6.45, 7) is -0.586. The molecule has 3 aromatic rings. The van der Waals surface area contributed by atoms with Gasteiger partial charge in [-0.25, -0.2) is 9.18 Å². The average molecular weight is 457 g/mol. The maximum absolute atomic E-state index is 13.3. The SMILES string of the molecule is CN(C)c1ccc([N+](=O)[O-])cc1C(=O)OCC(=O)NC(c1ccc(F)cc1)c1cccs1. The van der Waals surface area contributed by atoms with Crippen LogP contribution in [-0.4, -0.2) is 37.5 Å². The lowest BCUT2D eigenvalue weighted by atomic mass is 10.1. The molecule has 0 bridgehead atoms. The van der Waals surface area contributed by atoms with Crippen molar-refractivity contribution in [1.82, 2.24) is 5.32 Å². The number of non-ortho nitro benzene ring substituents is 1. The number of rotatable bonds is 8. The maximum atomic E-state index is 13.3. The van der Waals surface area contributed by atoms with Gasteiger partial charge in [0.1, 0.15) is 5.82 Å². The van der Waals surface area contributed by atoms with E-state index in [0.717, 1.165) is 10.9 Å². The number of halogens is 1. The van der Waals surface area contributed by atoms with Crippen LogP contribution in [0, 0.1) is 15.9 Å². The van der Waals surface area contributed by atoms with Gasteiger partial charge in [-0.2, -0.15) is 0 Å². The van der Waals surface area contributed by atoms with Crippen molar-refractivity contribution < 1.29 is 23.6 Å². The van der Waals surface area contributed by atoms with Gasteiger partial charge in [0, 0.05) is 31.1 Å². The highest BCUT2D eigenvalue weighted by molar-refractivity contribution is 7.10. The zero-order valence-electron chi connectivity index (χ0n) is 17.3. The highest BCUT2D eigenvalue weighted by atomic mass is 32.1. The number of benzene rings is 2. The minimum atomic E-state index is -0.859. The summed E-state index contributed by atoms with van der Waals surface area (Å²) in [5.41, 5.74) is 0.803. The Morgan fingerprint density at radius 3 is 2.50 bits per heavy atom. The van der Waals surface area contributed by atoms with Gasteiger partial charge in [-0.05, 0) is 35.2 Å². The van der Waals surface area contributed by atoms with Crippen molar-refractivity contribution in [2.75, 3.05) is 25.6 Å². The number of nitrogens with one attached hydrogen (secondary N) is 1. The van der Waals surface area contributed by atoms with E-state index in [-0.39, 0.29) is 11.3 Å². The Balaban J connectivity index is 1.73. The molecule has 0 fully saturated rings. The number of nitro groups is 1. The molecule has 1 heterocycles. The number of amides is 1. The number of esters is 1. The van der Waals surface area contributed by atoms with Gasteiger partial charge in [-0.3, -0.25) is 14.9 Å². The van der Waals surface area contributed by atoms with E-state index >= 15 is 0 Å². The van der Waals surface area contributed by atoms with Crippen LogP contribution < -0.4 is 10.2 Å². The molecule has 0 aliphatic carbocycles. The molecule has 166 valence electrons. The number of ether oxygens (including phenoxy) is 1. The quantitative estimate of drug-likeness (QED) is 0.313. The Kier molecular flexibility index (Phi) is 7.16. The fraction of sp³-hybridized carbons (Fsp3) is 0.182. The molecule has 0 radical (unpaired) electrons. The summed E-state index contributed by atoms with van der Waals surface area (Å²) in [5.74, 6) is -1.83. The maximum Gasteiger partial charge on any atom is 0.341 e. The van der Waals surface area contributed by atoms with Crippen molar-refractivity contribution in [2.45, 2.75) is 6.04 Å². The monoisotopic (exact) mass is 457 g/mol. The molecule has 1 aromatic heterocycles. The summed E-state index contributed by atoms with van der Waals surface area (Å²) in [6.07, 6.45) is 0. The molecule has 0 saturated heterocycles. The van der Waals surface area contributed by atoms with Gasteiger partial charge in [-0.1, -0.05) is 18.2 Å². The summed E-state index contributed by atoms with van der Waals surface area (Å²) in [6, 6.07) is 12.7. The lowest BCUT2D eigenvalue weighted by Crippen LogP contribution is -2.33. The highest BCUT2D eigenvalue weighted by Crippen LogP contribution is 2.27. The van der Waals surface area contributed by atoms with Crippen LogP contribution in [0.1, 0.15) is 26.8 Å². The molecule has 1 unspecified atom stereocenters. The minimum absolute atomic E-state index is 0.0228. The average Bonchev–Trinajstić information content (AvgIpc) is 3.30. The zero-order valence-corrected chi connectivity index (χ0v) is 18.1. The Labute approximate surface area is 187 Å². The number of anilines is 1. The standard InChI is InChI=1S/C22H20FN3O5S/c1-25(2)18-10-9-16(26(29)30)12-17(18)22(28)31-13-20(27)24-21(19-4-3-11-32-19)14-5-7-15(23)8-6-14/h3-12,21H,13H2,1-2H3,(H,24,27). The number of carbonyl (C=O) groups is 2. The Morgan fingerprint density at radius 2 is 1.91 bits per heavy atom. The molecular weight excluding hydrogens is 437 g/mol. The van der Waals surface area contributed by atoms with Crippen molar-refractivity contribution in [3.8, 4) is 0 Å². The number of nitro benzene ring substituents is 1. The van der Waals surface area contributed by atoms with Crippen molar-refractivity contribution >= 4 is 34.6 Å². The van der Waals surface area contributed by atoms with Gasteiger partial charge in [0.25, 0.3) is 11.6 Å². The van der Waals surface area contributed by atoms with E-state index in [1.165, 1.54) is 35.6 Å². The lowest BCUT2D eigenvalue weighted by Gasteiger charge is -2.19. The van der Waals surface area contributed by atoms with Crippen LogP contribution in [0.2, 0.25) is 0 Å². The van der Waals surface area contributed by atoms with Gasteiger partial charge in [0.05, 0.1) is 22.2 Å². The van der Waals surface area contributed by atoms with Crippen molar-refractivity contribution in [3.05, 3.63) is 91.9 Å². The molecule has 0 aliphatic rings. The Hall–Kier alpha value is -3.79. The second kappa shape index (κ2) is 10.0. The van der Waals surface area contributed by atoms with Gasteiger partial charge >= 0.3 is 5.97 Å². The summed E-state index contributed by atoms with van der Waals surface area (Å²) in [5, 5.41) is 15.7. The molecule has 1 N–H and O–H groups in total. The molecule has 0 aliphatic heterocycles. The third kappa shape index (κ3) is 5.46. The molecule has 0 spiro atoms. The summed E-state index contributed by atoms with van der Waals surface area (Å²) >= 11 is 1.42. The third-order valence-electron chi connectivity index (χ3n) is 4.56. The van der Waals surface area contributed by atoms with Crippen LogP contribution in [0.15, 0.2) is 60.0 Å². The van der Waals surface area contributed by atoms with E-state index in [4.69, 9.17) is 4.74 Å². The lowest BCUT2D eigenvalue weighted by molar-refractivity contribution is -0.384. The highest BCUT2D eigenvalue weighted by Gasteiger charge is 2.22. The van der Waals surface area contributed by atoms with E-state index in [1.807, 2.05) is 17.5 Å². The van der Waals surface area contributed by atoms with Crippen molar-refractivity contribution in [2.24, 2.45) is 0 Å². The largest absolute Gasteiger partial charge is 0.452 e. The van der Waals surface area contributed by atoms with E-state index in [9.17, 15) is 24.1 Å². The van der Waals surface area contributed by atoms with Crippen LogP contribution in [0.5, 0.6) is 0 Å². The number of thiophene rings is 1. The number of hydrogen-bond acceptors (Lipinski definition) is 7. The van der Waals surface area contributed by atoms with E-state index in [0.29, 0.717) is 11.3 Å². The Bertz CT molecular complexity index is 1120. The van der Waals surface area contributed by atoms with Gasteiger partial charge < -0.3 is 15.0 Å².